The smallest absolute Gasteiger partial charge is 0.0596 e. The summed E-state index contributed by atoms with van der Waals surface area (Å²) >= 11 is 0. The van der Waals surface area contributed by atoms with E-state index in [-0.39, 0.29) is 11.5 Å². The van der Waals surface area contributed by atoms with E-state index in [4.69, 9.17) is 4.74 Å². The lowest BCUT2D eigenvalue weighted by atomic mass is 9.81. The number of hydrogen-bond donors (Lipinski definition) is 1. The molecule has 0 radical (unpaired) electrons. The third-order valence-corrected chi connectivity index (χ3v) is 3.23. The van der Waals surface area contributed by atoms with Gasteiger partial charge in [-0.1, -0.05) is 27.2 Å². The second-order valence-corrected chi connectivity index (χ2v) is 4.91. The predicted molar refractivity (Wildman–Crippen MR) is 53.6 cm³/mol. The first-order valence-corrected chi connectivity index (χ1v) is 5.31. The molecule has 0 bridgehead atoms. The van der Waals surface area contributed by atoms with Crippen LogP contribution in [0.3, 0.4) is 0 Å². The summed E-state index contributed by atoms with van der Waals surface area (Å²) in [5.41, 5.74) is 0.266. The standard InChI is InChI=1S/C11H22O2/c1-4-11(2,3)7-10(12)9-5-6-13-8-9/h9-10,12H,4-8H2,1-3H3. The molecule has 78 valence electrons. The van der Waals surface area contributed by atoms with Gasteiger partial charge in [0.15, 0.2) is 0 Å². The molecule has 0 spiro atoms. The van der Waals surface area contributed by atoms with Crippen molar-refractivity contribution in [1.82, 2.24) is 0 Å². The molecular weight excluding hydrogens is 164 g/mol. The molecule has 1 N–H and O–H groups in total. The van der Waals surface area contributed by atoms with Crippen LogP contribution in [0, 0.1) is 11.3 Å². The van der Waals surface area contributed by atoms with E-state index >= 15 is 0 Å². The van der Waals surface area contributed by atoms with Gasteiger partial charge in [0.2, 0.25) is 0 Å². The normalized spacial score (nSPS) is 26.3. The number of rotatable bonds is 4. The number of ether oxygens (including phenoxy) is 1. The first-order chi connectivity index (χ1) is 6.05. The lowest BCUT2D eigenvalue weighted by molar-refractivity contribution is 0.0521. The summed E-state index contributed by atoms with van der Waals surface area (Å²) in [6.07, 6.45) is 2.88. The lowest BCUT2D eigenvalue weighted by Crippen LogP contribution is -2.27. The van der Waals surface area contributed by atoms with Gasteiger partial charge in [-0.3, -0.25) is 0 Å². The summed E-state index contributed by atoms with van der Waals surface area (Å²) in [5, 5.41) is 9.94. The van der Waals surface area contributed by atoms with Crippen LogP contribution in [0.1, 0.15) is 40.0 Å². The van der Waals surface area contributed by atoms with Crippen molar-refractivity contribution in [2.45, 2.75) is 46.1 Å². The molecule has 0 amide bonds. The first kappa shape index (κ1) is 11.0. The summed E-state index contributed by atoms with van der Waals surface area (Å²) in [4.78, 5) is 0. The SMILES string of the molecule is CCC(C)(C)CC(O)C1CCOC1. The van der Waals surface area contributed by atoms with Gasteiger partial charge in [-0.2, -0.15) is 0 Å². The van der Waals surface area contributed by atoms with Crippen LogP contribution < -0.4 is 0 Å². The second-order valence-electron chi connectivity index (χ2n) is 4.91. The van der Waals surface area contributed by atoms with Crippen LogP contribution in [0.15, 0.2) is 0 Å². The van der Waals surface area contributed by atoms with Crippen LogP contribution in [0.5, 0.6) is 0 Å². The molecule has 0 aliphatic carbocycles. The minimum absolute atomic E-state index is 0.169. The van der Waals surface area contributed by atoms with Crippen molar-refractivity contribution in [3.63, 3.8) is 0 Å². The summed E-state index contributed by atoms with van der Waals surface area (Å²) < 4.78 is 5.27. The Kier molecular flexibility index (Phi) is 3.74. The topological polar surface area (TPSA) is 29.5 Å². The molecule has 1 heterocycles. The molecule has 1 fully saturated rings. The van der Waals surface area contributed by atoms with Crippen LogP contribution in [0.25, 0.3) is 0 Å². The van der Waals surface area contributed by atoms with E-state index in [0.717, 1.165) is 32.5 Å². The van der Waals surface area contributed by atoms with Crippen LogP contribution in [-0.2, 0) is 4.74 Å². The Morgan fingerprint density at radius 2 is 2.23 bits per heavy atom. The van der Waals surface area contributed by atoms with Gasteiger partial charge < -0.3 is 9.84 Å². The highest BCUT2D eigenvalue weighted by atomic mass is 16.5. The molecular formula is C11H22O2. The fourth-order valence-corrected chi connectivity index (χ4v) is 1.73. The second kappa shape index (κ2) is 4.43. The highest BCUT2D eigenvalue weighted by Crippen LogP contribution is 2.30. The van der Waals surface area contributed by atoms with E-state index in [1.807, 2.05) is 0 Å². The van der Waals surface area contributed by atoms with Crippen molar-refractivity contribution in [2.24, 2.45) is 11.3 Å². The van der Waals surface area contributed by atoms with E-state index in [0.29, 0.717) is 5.92 Å². The Bertz CT molecular complexity index is 148. The number of aliphatic hydroxyl groups excluding tert-OH is 1. The van der Waals surface area contributed by atoms with Crippen LogP contribution >= 0.6 is 0 Å². The zero-order valence-corrected chi connectivity index (χ0v) is 9.05. The van der Waals surface area contributed by atoms with Gasteiger partial charge >= 0.3 is 0 Å². The third-order valence-electron chi connectivity index (χ3n) is 3.23. The maximum Gasteiger partial charge on any atom is 0.0596 e. The highest BCUT2D eigenvalue weighted by molar-refractivity contribution is 4.78. The minimum atomic E-state index is -0.169. The summed E-state index contributed by atoms with van der Waals surface area (Å²) in [6, 6.07) is 0. The van der Waals surface area contributed by atoms with E-state index in [1.54, 1.807) is 0 Å². The van der Waals surface area contributed by atoms with Crippen molar-refractivity contribution < 1.29 is 9.84 Å². The Hall–Kier alpha value is -0.0800. The molecule has 1 aliphatic rings. The van der Waals surface area contributed by atoms with Crippen LogP contribution in [-0.4, -0.2) is 24.4 Å². The molecule has 1 aliphatic heterocycles. The zero-order chi connectivity index (χ0) is 9.90. The predicted octanol–water partition coefficient (Wildman–Crippen LogP) is 2.21. The fourth-order valence-electron chi connectivity index (χ4n) is 1.73. The molecule has 0 aromatic rings. The number of hydrogen-bond acceptors (Lipinski definition) is 2. The molecule has 1 saturated heterocycles. The Morgan fingerprint density at radius 1 is 1.54 bits per heavy atom. The van der Waals surface area contributed by atoms with Gasteiger partial charge in [0.05, 0.1) is 12.7 Å². The Morgan fingerprint density at radius 3 is 2.69 bits per heavy atom. The van der Waals surface area contributed by atoms with E-state index in [2.05, 4.69) is 20.8 Å². The maximum absolute atomic E-state index is 9.94. The van der Waals surface area contributed by atoms with Crippen LogP contribution in [0.2, 0.25) is 0 Å². The molecule has 0 aromatic heterocycles. The van der Waals surface area contributed by atoms with Gasteiger partial charge in [0.1, 0.15) is 0 Å². The lowest BCUT2D eigenvalue weighted by Gasteiger charge is -2.28. The summed E-state index contributed by atoms with van der Waals surface area (Å²) in [6.45, 7) is 8.19. The Labute approximate surface area is 81.3 Å². The maximum atomic E-state index is 9.94. The zero-order valence-electron chi connectivity index (χ0n) is 9.05. The van der Waals surface area contributed by atoms with E-state index < -0.39 is 0 Å². The molecule has 2 nitrogen and oxygen atoms in total. The molecule has 0 aromatic carbocycles. The Balaban J connectivity index is 2.35. The van der Waals surface area contributed by atoms with Crippen molar-refractivity contribution in [3.8, 4) is 0 Å². The highest BCUT2D eigenvalue weighted by Gasteiger charge is 2.28. The van der Waals surface area contributed by atoms with Crippen molar-refractivity contribution in [3.05, 3.63) is 0 Å². The average Bonchev–Trinajstić information content (AvgIpc) is 2.55. The fraction of sp³-hybridized carbons (Fsp3) is 1.00. The monoisotopic (exact) mass is 186 g/mol. The van der Waals surface area contributed by atoms with Crippen LogP contribution in [0.4, 0.5) is 0 Å². The number of aliphatic hydroxyl groups is 1. The quantitative estimate of drug-likeness (QED) is 0.729. The molecule has 0 saturated carbocycles. The van der Waals surface area contributed by atoms with Crippen molar-refractivity contribution in [2.75, 3.05) is 13.2 Å². The average molecular weight is 186 g/mol. The van der Waals surface area contributed by atoms with E-state index in [1.165, 1.54) is 0 Å². The molecule has 13 heavy (non-hydrogen) atoms. The van der Waals surface area contributed by atoms with Gasteiger partial charge in [-0.25, -0.2) is 0 Å². The first-order valence-electron chi connectivity index (χ1n) is 5.31. The molecule has 1 rings (SSSR count). The minimum Gasteiger partial charge on any atom is -0.393 e. The largest absolute Gasteiger partial charge is 0.393 e. The molecule has 2 atom stereocenters. The molecule has 2 heteroatoms. The molecule has 2 unspecified atom stereocenters. The van der Waals surface area contributed by atoms with Gasteiger partial charge in [0.25, 0.3) is 0 Å². The summed E-state index contributed by atoms with van der Waals surface area (Å²) in [5.74, 6) is 0.380. The van der Waals surface area contributed by atoms with Crippen molar-refractivity contribution in [1.29, 1.82) is 0 Å². The van der Waals surface area contributed by atoms with E-state index in [9.17, 15) is 5.11 Å². The van der Waals surface area contributed by atoms with Gasteiger partial charge in [-0.05, 0) is 18.3 Å². The van der Waals surface area contributed by atoms with Gasteiger partial charge in [-0.15, -0.1) is 0 Å². The third kappa shape index (κ3) is 3.28. The summed E-state index contributed by atoms with van der Waals surface area (Å²) in [7, 11) is 0. The van der Waals surface area contributed by atoms with Gasteiger partial charge in [0, 0.05) is 12.5 Å². The van der Waals surface area contributed by atoms with Crippen molar-refractivity contribution >= 4 is 0 Å².